The van der Waals surface area contributed by atoms with Crippen LogP contribution in [0.3, 0.4) is 0 Å². The summed E-state index contributed by atoms with van der Waals surface area (Å²) in [6.07, 6.45) is -3.67. The van der Waals surface area contributed by atoms with Crippen LogP contribution in [0.1, 0.15) is 42.3 Å². The van der Waals surface area contributed by atoms with E-state index in [4.69, 9.17) is 46.9 Å². The molecule has 3 rings (SSSR count). The van der Waals surface area contributed by atoms with E-state index in [1.165, 1.54) is 26.5 Å². The molecule has 43 heavy (non-hydrogen) atoms. The van der Waals surface area contributed by atoms with Gasteiger partial charge in [-0.15, -0.1) is 0 Å². The van der Waals surface area contributed by atoms with Crippen molar-refractivity contribution in [1.29, 1.82) is 0 Å². The Balaban J connectivity index is 1.74. The molecule has 238 valence electrons. The van der Waals surface area contributed by atoms with E-state index in [0.717, 1.165) is 0 Å². The SMILES string of the molecule is COc1ncc(COc2c(Cl)cc(C(=O)N[C@H]3[C@@H](OC)O[C@H](CO)[C@@H](O)[C@@H]3O)c(C)c2Cl)cc1NCC(=O)OC(C)(C)C. The topological polar surface area (TPSA) is 178 Å². The molecule has 0 radical (unpaired) electrons. The van der Waals surface area contributed by atoms with Gasteiger partial charge in [0.1, 0.15) is 43.1 Å². The van der Waals surface area contributed by atoms with Gasteiger partial charge in [0.2, 0.25) is 5.88 Å². The Bertz CT molecular complexity index is 1300. The average Bonchev–Trinajstić information content (AvgIpc) is 2.95. The van der Waals surface area contributed by atoms with Crippen LogP contribution in [0.25, 0.3) is 0 Å². The number of benzene rings is 1. The molecule has 1 amide bonds. The molecule has 2 heterocycles. The molecule has 1 aromatic carbocycles. The number of esters is 1. The molecule has 5 N–H and O–H groups in total. The Kier molecular flexibility index (Phi) is 11.8. The normalized spacial score (nSPS) is 22.1. The van der Waals surface area contributed by atoms with Crippen LogP contribution in [0.2, 0.25) is 10.0 Å². The number of carbonyl (C=O) groups is 2. The van der Waals surface area contributed by atoms with E-state index in [9.17, 15) is 24.9 Å². The van der Waals surface area contributed by atoms with E-state index in [0.29, 0.717) is 16.8 Å². The summed E-state index contributed by atoms with van der Waals surface area (Å²) in [5.74, 6) is -0.743. The predicted octanol–water partition coefficient (Wildman–Crippen LogP) is 2.22. The lowest BCUT2D eigenvalue weighted by Crippen LogP contribution is -2.64. The number of halogens is 2. The highest BCUT2D eigenvalue weighted by Gasteiger charge is 2.45. The van der Waals surface area contributed by atoms with Crippen molar-refractivity contribution in [3.63, 3.8) is 0 Å². The highest BCUT2D eigenvalue weighted by atomic mass is 35.5. The first-order valence-electron chi connectivity index (χ1n) is 13.3. The molecule has 1 aliphatic heterocycles. The van der Waals surface area contributed by atoms with Gasteiger partial charge in [-0.2, -0.15) is 0 Å². The van der Waals surface area contributed by atoms with Crippen molar-refractivity contribution in [2.45, 2.75) is 70.5 Å². The van der Waals surface area contributed by atoms with Gasteiger partial charge >= 0.3 is 5.97 Å². The third kappa shape index (κ3) is 8.60. The van der Waals surface area contributed by atoms with Crippen LogP contribution in [-0.4, -0.2) is 95.8 Å². The van der Waals surface area contributed by atoms with Crippen LogP contribution >= 0.6 is 23.2 Å². The maximum atomic E-state index is 13.2. The molecular weight excluding hydrogens is 609 g/mol. The molecule has 5 atom stereocenters. The first-order valence-corrected chi connectivity index (χ1v) is 14.0. The molecule has 1 aliphatic rings. The number of methoxy groups -OCH3 is 2. The number of hydrogen-bond donors (Lipinski definition) is 5. The van der Waals surface area contributed by atoms with Gasteiger partial charge in [0, 0.05) is 24.4 Å². The van der Waals surface area contributed by atoms with Gasteiger partial charge in [-0.3, -0.25) is 9.59 Å². The first-order chi connectivity index (χ1) is 20.2. The van der Waals surface area contributed by atoms with Crippen molar-refractivity contribution in [3.05, 3.63) is 45.1 Å². The number of carbonyl (C=O) groups excluding carboxylic acids is 2. The highest BCUT2D eigenvalue weighted by Crippen LogP contribution is 2.38. The number of aromatic nitrogens is 1. The summed E-state index contributed by atoms with van der Waals surface area (Å²) in [7, 11) is 2.74. The number of pyridine rings is 1. The van der Waals surface area contributed by atoms with Gasteiger partial charge in [0.25, 0.3) is 5.91 Å². The number of nitrogens with one attached hydrogen (secondary N) is 2. The van der Waals surface area contributed by atoms with Crippen LogP contribution in [0.15, 0.2) is 18.3 Å². The number of amides is 1. The number of ether oxygens (including phenoxy) is 5. The lowest BCUT2D eigenvalue weighted by Gasteiger charge is -2.41. The maximum absolute atomic E-state index is 13.2. The monoisotopic (exact) mass is 645 g/mol. The van der Waals surface area contributed by atoms with E-state index < -0.39 is 54.7 Å². The minimum atomic E-state index is -1.49. The highest BCUT2D eigenvalue weighted by molar-refractivity contribution is 6.38. The lowest BCUT2D eigenvalue weighted by atomic mass is 9.96. The Morgan fingerprint density at radius 1 is 1.14 bits per heavy atom. The molecule has 1 saturated heterocycles. The van der Waals surface area contributed by atoms with Crippen LogP contribution < -0.4 is 20.1 Å². The zero-order valence-electron chi connectivity index (χ0n) is 24.6. The lowest BCUT2D eigenvalue weighted by molar-refractivity contribution is -0.261. The zero-order valence-corrected chi connectivity index (χ0v) is 26.2. The summed E-state index contributed by atoms with van der Waals surface area (Å²) in [6, 6.07) is 1.88. The number of aliphatic hydroxyl groups excluding tert-OH is 3. The second-order valence-corrected chi connectivity index (χ2v) is 11.5. The van der Waals surface area contributed by atoms with Crippen molar-refractivity contribution in [2.24, 2.45) is 0 Å². The zero-order chi connectivity index (χ0) is 32.1. The summed E-state index contributed by atoms with van der Waals surface area (Å²) in [6.45, 7) is 6.21. The number of nitrogens with zero attached hydrogens (tertiary/aromatic N) is 1. The van der Waals surface area contributed by atoms with Gasteiger partial charge in [0.05, 0.1) is 29.4 Å². The van der Waals surface area contributed by atoms with E-state index in [1.54, 1.807) is 33.8 Å². The Morgan fingerprint density at radius 3 is 2.44 bits per heavy atom. The number of hydrogen-bond acceptors (Lipinski definition) is 12. The molecule has 0 bridgehead atoms. The molecule has 0 saturated carbocycles. The Hall–Kier alpha value is -2.91. The third-order valence-corrected chi connectivity index (χ3v) is 7.14. The summed E-state index contributed by atoms with van der Waals surface area (Å²) >= 11 is 13.0. The first kappa shape index (κ1) is 34.6. The Labute approximate surface area is 259 Å². The molecular formula is C28H37Cl2N3O10. The van der Waals surface area contributed by atoms with Crippen molar-refractivity contribution >= 4 is 40.8 Å². The standard InChI is InChI=1S/C28H37Cl2N3O10/c1-13-15(25(38)33-21-23(37)22(36)18(11-34)42-27(21)40-6)8-16(29)24(20(13)30)41-12-14-7-17(26(39-5)32-9-14)31-10-19(35)43-28(2,3)4/h7-9,18,21-23,27,31,34,36-37H,10-12H2,1-6H3,(H,33,38)/t18-,21-,22-,23-,27+/m1/s1. The smallest absolute Gasteiger partial charge is 0.325 e. The minimum absolute atomic E-state index is 0.0203. The van der Waals surface area contributed by atoms with Crippen LogP contribution in [0, 0.1) is 6.92 Å². The third-order valence-electron chi connectivity index (χ3n) is 6.40. The summed E-state index contributed by atoms with van der Waals surface area (Å²) in [5, 5.41) is 35.8. The molecule has 1 fully saturated rings. The van der Waals surface area contributed by atoms with Crippen molar-refractivity contribution in [2.75, 3.05) is 32.7 Å². The van der Waals surface area contributed by atoms with E-state index in [-0.39, 0.29) is 40.4 Å². The number of aliphatic hydroxyl groups is 3. The molecule has 0 aliphatic carbocycles. The summed E-state index contributed by atoms with van der Waals surface area (Å²) in [4.78, 5) is 29.6. The average molecular weight is 647 g/mol. The predicted molar refractivity (Wildman–Crippen MR) is 157 cm³/mol. The molecule has 2 aromatic rings. The van der Waals surface area contributed by atoms with Crippen molar-refractivity contribution in [1.82, 2.24) is 10.3 Å². The van der Waals surface area contributed by atoms with Crippen LogP contribution in [0.4, 0.5) is 5.69 Å². The second-order valence-electron chi connectivity index (χ2n) is 10.7. The summed E-state index contributed by atoms with van der Waals surface area (Å²) < 4.78 is 27.1. The van der Waals surface area contributed by atoms with Gasteiger partial charge in [-0.25, -0.2) is 4.98 Å². The van der Waals surface area contributed by atoms with Gasteiger partial charge in [-0.05, 0) is 45.4 Å². The van der Waals surface area contributed by atoms with Crippen LogP contribution in [-0.2, 0) is 25.6 Å². The Morgan fingerprint density at radius 2 is 1.84 bits per heavy atom. The quantitative estimate of drug-likeness (QED) is 0.225. The largest absolute Gasteiger partial charge is 0.486 e. The number of anilines is 1. The number of rotatable bonds is 11. The second kappa shape index (κ2) is 14.7. The minimum Gasteiger partial charge on any atom is -0.486 e. The maximum Gasteiger partial charge on any atom is 0.325 e. The fourth-order valence-electron chi connectivity index (χ4n) is 4.29. The van der Waals surface area contributed by atoms with Crippen molar-refractivity contribution < 1.29 is 48.6 Å². The molecule has 15 heteroatoms. The molecule has 0 spiro atoms. The molecule has 13 nitrogen and oxygen atoms in total. The van der Waals surface area contributed by atoms with E-state index in [1.807, 2.05) is 0 Å². The fourth-order valence-corrected chi connectivity index (χ4v) is 4.86. The van der Waals surface area contributed by atoms with Crippen LogP contribution in [0.5, 0.6) is 11.6 Å². The van der Waals surface area contributed by atoms with Gasteiger partial charge < -0.3 is 49.6 Å². The van der Waals surface area contributed by atoms with Gasteiger partial charge in [-0.1, -0.05) is 23.2 Å². The van der Waals surface area contributed by atoms with E-state index >= 15 is 0 Å². The molecule has 0 unspecified atom stereocenters. The van der Waals surface area contributed by atoms with Gasteiger partial charge in [0.15, 0.2) is 12.0 Å². The van der Waals surface area contributed by atoms with Crippen molar-refractivity contribution in [3.8, 4) is 11.6 Å². The van der Waals surface area contributed by atoms with E-state index in [2.05, 4.69) is 15.6 Å². The summed E-state index contributed by atoms with van der Waals surface area (Å²) in [5.41, 5.74) is 0.820. The molecule has 1 aromatic heterocycles. The fraction of sp³-hybridized carbons (Fsp3) is 0.536.